The smallest absolute Gasteiger partial charge is 0.423 e. The first-order chi connectivity index (χ1) is 12.0. The summed E-state index contributed by atoms with van der Waals surface area (Å²) in [6.07, 6.45) is 2.19. The van der Waals surface area contributed by atoms with Crippen molar-refractivity contribution in [1.29, 1.82) is 0 Å². The summed E-state index contributed by atoms with van der Waals surface area (Å²) < 4.78 is 5.22. The lowest BCUT2D eigenvalue weighted by Crippen LogP contribution is -2.29. The maximum Gasteiger partial charge on any atom is 0.491 e. The van der Waals surface area contributed by atoms with Crippen LogP contribution in [0.2, 0.25) is 0 Å². The van der Waals surface area contributed by atoms with Gasteiger partial charge in [-0.05, 0) is 53.5 Å². The van der Waals surface area contributed by atoms with Gasteiger partial charge in [-0.1, -0.05) is 24.3 Å². The summed E-state index contributed by atoms with van der Waals surface area (Å²) in [5.41, 5.74) is 10.1. The fourth-order valence-corrected chi connectivity index (χ4v) is 3.73. The van der Waals surface area contributed by atoms with Gasteiger partial charge in [0.1, 0.15) is 0 Å². The van der Waals surface area contributed by atoms with Crippen LogP contribution in [0, 0.1) is 5.92 Å². The van der Waals surface area contributed by atoms with Crippen molar-refractivity contribution in [2.24, 2.45) is 11.7 Å². The van der Waals surface area contributed by atoms with Crippen LogP contribution in [-0.4, -0.2) is 23.8 Å². The molecule has 3 N–H and O–H groups in total. The molecule has 0 saturated heterocycles. The Morgan fingerprint density at radius 1 is 1.24 bits per heavy atom. The first-order valence-corrected chi connectivity index (χ1v) is 8.41. The summed E-state index contributed by atoms with van der Waals surface area (Å²) >= 11 is 0. The van der Waals surface area contributed by atoms with E-state index < -0.39 is 13.0 Å². The molecule has 1 aliphatic carbocycles. The minimum absolute atomic E-state index is 0.0571. The molecule has 0 bridgehead atoms. The van der Waals surface area contributed by atoms with Gasteiger partial charge in [-0.2, -0.15) is 0 Å². The molecule has 2 aliphatic rings. The lowest BCUT2D eigenvalue weighted by Gasteiger charge is -2.24. The maximum atomic E-state index is 12.9. The second-order valence-corrected chi connectivity index (χ2v) is 6.74. The van der Waals surface area contributed by atoms with Gasteiger partial charge < -0.3 is 15.4 Å². The van der Waals surface area contributed by atoms with Crippen molar-refractivity contribution in [3.63, 3.8) is 0 Å². The van der Waals surface area contributed by atoms with E-state index in [1.807, 2.05) is 24.3 Å². The van der Waals surface area contributed by atoms with Crippen molar-refractivity contribution in [3.05, 3.63) is 64.2 Å². The van der Waals surface area contributed by atoms with E-state index in [9.17, 15) is 14.6 Å². The largest absolute Gasteiger partial charge is 0.491 e. The molecule has 126 valence electrons. The van der Waals surface area contributed by atoms with E-state index in [2.05, 4.69) is 0 Å². The Kier molecular flexibility index (Phi) is 3.94. The molecule has 25 heavy (non-hydrogen) atoms. The Balaban J connectivity index is 1.59. The quantitative estimate of drug-likeness (QED) is 0.819. The molecular formula is C19H18BNO4. The normalized spacial score (nSPS) is 18.8. The Bertz CT molecular complexity index is 880. The van der Waals surface area contributed by atoms with Crippen molar-refractivity contribution in [2.75, 3.05) is 0 Å². The average Bonchev–Trinajstić information content (AvgIpc) is 2.98. The zero-order chi connectivity index (χ0) is 17.6. The molecule has 0 spiro atoms. The third kappa shape index (κ3) is 2.88. The molecule has 1 amide bonds. The van der Waals surface area contributed by atoms with Crippen LogP contribution in [0.5, 0.6) is 0 Å². The van der Waals surface area contributed by atoms with Crippen LogP contribution in [-0.2, 0) is 24.1 Å². The molecule has 2 aromatic carbocycles. The zero-order valence-corrected chi connectivity index (χ0v) is 13.7. The highest BCUT2D eigenvalue weighted by Gasteiger charge is 2.30. The van der Waals surface area contributed by atoms with Crippen LogP contribution in [0.1, 0.15) is 43.8 Å². The van der Waals surface area contributed by atoms with Crippen LogP contribution in [0.3, 0.4) is 0 Å². The molecule has 6 heteroatoms. The van der Waals surface area contributed by atoms with Gasteiger partial charge in [0.25, 0.3) is 0 Å². The molecule has 0 aromatic heterocycles. The Morgan fingerprint density at radius 2 is 2.04 bits per heavy atom. The zero-order valence-electron chi connectivity index (χ0n) is 13.7. The number of amides is 1. The number of aryl methyl sites for hydroxylation is 1. The first-order valence-electron chi connectivity index (χ1n) is 8.41. The molecule has 2 aromatic rings. The number of carbonyl (C=O) groups excluding carboxylic acids is 2. The number of carbonyl (C=O) groups is 2. The highest BCUT2D eigenvalue weighted by molar-refractivity contribution is 6.61. The number of rotatable bonds is 3. The van der Waals surface area contributed by atoms with Gasteiger partial charge in [0.2, 0.25) is 5.91 Å². The third-order valence-corrected chi connectivity index (χ3v) is 5.15. The number of ketones is 1. The Labute approximate surface area is 145 Å². The lowest BCUT2D eigenvalue weighted by molar-refractivity contribution is 0.0901. The summed E-state index contributed by atoms with van der Waals surface area (Å²) in [6, 6.07) is 11.0. The predicted octanol–water partition coefficient (Wildman–Crippen LogP) is 0.991. The molecule has 1 heterocycles. The van der Waals surface area contributed by atoms with Crippen LogP contribution < -0.4 is 11.2 Å². The standard InChI is InChI=1S/C19H18BNO4/c21-19(23)14-6-4-12-3-5-13(18(22)16(12)9-14)7-11-1-2-15-10-25-20(24)17(15)8-11/h1-2,4,6,8-9,13,24H,3,5,7,10H2,(H2,21,23). The summed E-state index contributed by atoms with van der Waals surface area (Å²) in [5, 5.41) is 9.84. The molecule has 1 atom stereocenters. The average molecular weight is 335 g/mol. The van der Waals surface area contributed by atoms with Crippen molar-refractivity contribution < 1.29 is 19.3 Å². The van der Waals surface area contributed by atoms with Crippen molar-refractivity contribution in [1.82, 2.24) is 0 Å². The van der Waals surface area contributed by atoms with E-state index >= 15 is 0 Å². The van der Waals surface area contributed by atoms with E-state index in [1.54, 1.807) is 12.1 Å². The third-order valence-electron chi connectivity index (χ3n) is 5.15. The highest BCUT2D eigenvalue weighted by Crippen LogP contribution is 2.29. The number of primary amides is 1. The van der Waals surface area contributed by atoms with Gasteiger partial charge in [-0.15, -0.1) is 0 Å². The van der Waals surface area contributed by atoms with E-state index in [-0.39, 0.29) is 11.7 Å². The summed E-state index contributed by atoms with van der Waals surface area (Å²) in [5.74, 6) is -0.597. The van der Waals surface area contributed by atoms with E-state index in [4.69, 9.17) is 10.4 Å². The number of Topliss-reactive ketones (excluding diaryl/α,β-unsaturated/α-hetero) is 1. The number of fused-ring (bicyclic) bond motifs is 2. The molecule has 5 nitrogen and oxygen atoms in total. The fourth-order valence-electron chi connectivity index (χ4n) is 3.73. The molecule has 4 rings (SSSR count). The summed E-state index contributed by atoms with van der Waals surface area (Å²) in [6.45, 7) is 0.419. The molecule has 0 fully saturated rings. The SMILES string of the molecule is NC(=O)c1ccc2c(c1)C(=O)C(Cc1ccc3c(c1)B(O)OC3)CC2. The maximum absolute atomic E-state index is 12.9. The van der Waals surface area contributed by atoms with Gasteiger partial charge in [-0.25, -0.2) is 0 Å². The van der Waals surface area contributed by atoms with Crippen LogP contribution >= 0.6 is 0 Å². The van der Waals surface area contributed by atoms with E-state index in [1.165, 1.54) is 0 Å². The Hall–Kier alpha value is -2.44. The van der Waals surface area contributed by atoms with Crippen LogP contribution in [0.25, 0.3) is 0 Å². The van der Waals surface area contributed by atoms with E-state index in [0.29, 0.717) is 24.2 Å². The molecule has 1 aliphatic heterocycles. The van der Waals surface area contributed by atoms with Gasteiger partial charge in [0, 0.05) is 17.0 Å². The van der Waals surface area contributed by atoms with Gasteiger partial charge in [0.05, 0.1) is 6.61 Å². The van der Waals surface area contributed by atoms with Crippen molar-refractivity contribution in [3.8, 4) is 0 Å². The molecule has 0 radical (unpaired) electrons. The predicted molar refractivity (Wildman–Crippen MR) is 93.6 cm³/mol. The van der Waals surface area contributed by atoms with Crippen LogP contribution in [0.4, 0.5) is 0 Å². The fraction of sp³-hybridized carbons (Fsp3) is 0.263. The van der Waals surface area contributed by atoms with E-state index in [0.717, 1.165) is 35.0 Å². The number of benzene rings is 2. The first kappa shape index (κ1) is 16.1. The highest BCUT2D eigenvalue weighted by atomic mass is 16.5. The second-order valence-electron chi connectivity index (χ2n) is 6.74. The molecule has 0 saturated carbocycles. The second kappa shape index (κ2) is 6.13. The molecule has 1 unspecified atom stereocenters. The van der Waals surface area contributed by atoms with Gasteiger partial charge >= 0.3 is 7.12 Å². The minimum atomic E-state index is -0.879. The van der Waals surface area contributed by atoms with Crippen LogP contribution in [0.15, 0.2) is 36.4 Å². The number of nitrogens with two attached hydrogens (primary N) is 1. The summed E-state index contributed by atoms with van der Waals surface area (Å²) in [7, 11) is -0.879. The van der Waals surface area contributed by atoms with Gasteiger partial charge in [0.15, 0.2) is 5.78 Å². The number of hydrogen-bond acceptors (Lipinski definition) is 4. The van der Waals surface area contributed by atoms with Crippen molar-refractivity contribution in [2.45, 2.75) is 25.9 Å². The minimum Gasteiger partial charge on any atom is -0.423 e. The number of hydrogen-bond donors (Lipinski definition) is 2. The Morgan fingerprint density at radius 3 is 2.84 bits per heavy atom. The topological polar surface area (TPSA) is 89.6 Å². The summed E-state index contributed by atoms with van der Waals surface area (Å²) in [4.78, 5) is 24.2. The molecular weight excluding hydrogens is 317 g/mol. The lowest BCUT2D eigenvalue weighted by atomic mass is 9.76. The van der Waals surface area contributed by atoms with Gasteiger partial charge in [-0.3, -0.25) is 9.59 Å². The monoisotopic (exact) mass is 335 g/mol. The van der Waals surface area contributed by atoms with Crippen molar-refractivity contribution >= 4 is 24.3 Å².